The zero-order valence-electron chi connectivity index (χ0n) is 25.6. The van der Waals surface area contributed by atoms with Gasteiger partial charge in [-0.25, -0.2) is 0 Å². The van der Waals surface area contributed by atoms with E-state index in [1.807, 2.05) is 51.2 Å². The van der Waals surface area contributed by atoms with Crippen molar-refractivity contribution >= 4 is 11.4 Å². The Morgan fingerprint density at radius 3 is 2.39 bits per heavy atom. The number of ether oxygens (including phenoxy) is 1. The lowest BCUT2D eigenvalue weighted by atomic mass is 10.0. The number of halogens is 3. The van der Waals surface area contributed by atoms with Crippen LogP contribution in [0.25, 0.3) is 16.6 Å². The number of carbonyl (C=O) groups is 1. The Bertz CT molecular complexity index is 1750. The number of aromatic nitrogens is 3. The third-order valence-corrected chi connectivity index (χ3v) is 8.21. The number of methoxy groups -OCH3 is 1. The fourth-order valence-electron chi connectivity index (χ4n) is 5.91. The van der Waals surface area contributed by atoms with Crippen LogP contribution in [-0.4, -0.2) is 76.1 Å². The van der Waals surface area contributed by atoms with Crippen molar-refractivity contribution in [2.24, 2.45) is 0 Å². The van der Waals surface area contributed by atoms with Gasteiger partial charge in [-0.3, -0.25) is 24.4 Å². The Balaban J connectivity index is 1.51. The summed E-state index contributed by atoms with van der Waals surface area (Å²) in [4.78, 5) is 37.3. The van der Waals surface area contributed by atoms with E-state index in [2.05, 4.69) is 24.6 Å². The van der Waals surface area contributed by atoms with Crippen LogP contribution in [0, 0.1) is 27.7 Å². The largest absolute Gasteiger partial charge is 0.496 e. The topological polar surface area (TPSA) is 95.0 Å². The average Bonchev–Trinajstić information content (AvgIpc) is 3.37. The normalized spacial score (nSPS) is 14.7. The highest BCUT2D eigenvalue weighted by Gasteiger charge is 2.32. The lowest BCUT2D eigenvalue weighted by molar-refractivity contribution is -0.149. The number of carbonyl (C=O) groups excluding carboxylic acids is 1. The number of H-pyrrole nitrogens is 1. The van der Waals surface area contributed by atoms with Crippen LogP contribution in [0.2, 0.25) is 0 Å². The maximum absolute atomic E-state index is 13.7. The van der Waals surface area contributed by atoms with Gasteiger partial charge < -0.3 is 19.4 Å². The van der Waals surface area contributed by atoms with Crippen LogP contribution in [0.1, 0.15) is 44.3 Å². The van der Waals surface area contributed by atoms with Crippen LogP contribution < -0.4 is 15.6 Å². The molecule has 0 aromatic carbocycles. The van der Waals surface area contributed by atoms with E-state index in [1.165, 1.54) is 12.0 Å². The summed E-state index contributed by atoms with van der Waals surface area (Å²) < 4.78 is 46.3. The van der Waals surface area contributed by atoms with Crippen molar-refractivity contribution in [3.05, 3.63) is 86.3 Å². The number of nitrogens with zero attached hydrogens (tertiary/aromatic N) is 4. The minimum absolute atomic E-state index is 0.0341. The minimum atomic E-state index is -4.23. The second-order valence-electron chi connectivity index (χ2n) is 11.4. The summed E-state index contributed by atoms with van der Waals surface area (Å²) in [5.41, 5.74) is 7.11. The van der Waals surface area contributed by atoms with E-state index in [1.54, 1.807) is 13.0 Å². The van der Waals surface area contributed by atoms with Gasteiger partial charge in [-0.05, 0) is 57.5 Å². The van der Waals surface area contributed by atoms with E-state index >= 15 is 0 Å². The van der Waals surface area contributed by atoms with Gasteiger partial charge in [0.2, 0.25) is 0 Å². The van der Waals surface area contributed by atoms with Gasteiger partial charge in [0.05, 0.1) is 31.3 Å². The molecule has 0 radical (unpaired) electrons. The average molecular weight is 611 g/mol. The van der Waals surface area contributed by atoms with Gasteiger partial charge in [0.15, 0.2) is 0 Å². The molecule has 5 rings (SSSR count). The molecule has 0 aliphatic carbocycles. The van der Waals surface area contributed by atoms with E-state index in [0.29, 0.717) is 55.3 Å². The first-order valence-corrected chi connectivity index (χ1v) is 14.5. The van der Waals surface area contributed by atoms with Crippen molar-refractivity contribution in [2.45, 2.75) is 47.0 Å². The van der Waals surface area contributed by atoms with Gasteiger partial charge in [-0.2, -0.15) is 13.2 Å². The SMILES string of the molecule is COc1cc(C)[nH]c(=O)c1CNC(=O)c1cc2c(-c3ccc(C)nc3C)ccn2c(CN2CCN(CC(F)(F)F)CC2)c1C. The lowest BCUT2D eigenvalue weighted by Gasteiger charge is -2.35. The van der Waals surface area contributed by atoms with Gasteiger partial charge in [0.25, 0.3) is 11.5 Å². The maximum Gasteiger partial charge on any atom is 0.401 e. The lowest BCUT2D eigenvalue weighted by Crippen LogP contribution is -2.48. The Hall–Kier alpha value is -4.16. The molecule has 4 aromatic rings. The predicted octanol–water partition coefficient (Wildman–Crippen LogP) is 4.54. The van der Waals surface area contributed by atoms with Gasteiger partial charge in [-0.15, -0.1) is 0 Å². The number of pyridine rings is 3. The molecule has 1 aliphatic heterocycles. The van der Waals surface area contributed by atoms with Crippen LogP contribution in [-0.2, 0) is 13.1 Å². The molecule has 0 atom stereocenters. The number of hydrogen-bond donors (Lipinski definition) is 2. The van der Waals surface area contributed by atoms with Gasteiger partial charge in [-0.1, -0.05) is 6.07 Å². The van der Waals surface area contributed by atoms with E-state index in [0.717, 1.165) is 39.3 Å². The van der Waals surface area contributed by atoms with Crippen LogP contribution in [0.15, 0.2) is 41.3 Å². The van der Waals surface area contributed by atoms with Crippen molar-refractivity contribution in [3.8, 4) is 16.9 Å². The molecule has 1 fully saturated rings. The quantitative estimate of drug-likeness (QED) is 0.304. The molecule has 2 N–H and O–H groups in total. The van der Waals surface area contributed by atoms with Gasteiger partial charge >= 0.3 is 6.18 Å². The molecule has 0 saturated carbocycles. The molecular formula is C32H37F3N6O3. The highest BCUT2D eigenvalue weighted by atomic mass is 19.4. The van der Waals surface area contributed by atoms with Crippen LogP contribution in [0.4, 0.5) is 13.2 Å². The molecular weight excluding hydrogens is 573 g/mol. The number of rotatable bonds is 8. The highest BCUT2D eigenvalue weighted by molar-refractivity contribution is 5.98. The summed E-state index contributed by atoms with van der Waals surface area (Å²) in [6.45, 7) is 8.56. The zero-order valence-corrected chi connectivity index (χ0v) is 25.6. The second-order valence-corrected chi connectivity index (χ2v) is 11.4. The molecule has 12 heteroatoms. The first-order chi connectivity index (χ1) is 20.8. The number of nitrogens with one attached hydrogen (secondary N) is 2. The molecule has 1 amide bonds. The van der Waals surface area contributed by atoms with E-state index in [4.69, 9.17) is 4.74 Å². The summed E-state index contributed by atoms with van der Waals surface area (Å²) in [6, 6.07) is 9.51. The fourth-order valence-corrected chi connectivity index (χ4v) is 5.91. The summed E-state index contributed by atoms with van der Waals surface area (Å²) in [5.74, 6) is 0.0366. The van der Waals surface area contributed by atoms with Crippen molar-refractivity contribution in [1.29, 1.82) is 0 Å². The molecule has 0 spiro atoms. The predicted molar refractivity (Wildman–Crippen MR) is 162 cm³/mol. The number of alkyl halides is 3. The molecule has 4 aromatic heterocycles. The standard InChI is InChI=1S/C32H37F3N6O3/c1-19-6-7-23(22(4)37-19)24-8-9-41-27(24)15-25(30(42)36-16-26-29(44-5)14-20(2)38-31(26)43)21(3)28(41)17-39-10-12-40(13-11-39)18-32(33,34)35/h6-9,14-15H,10-13,16-18H2,1-5H3,(H,36,42)(H,38,43). The van der Waals surface area contributed by atoms with Gasteiger partial charge in [0, 0.05) is 78.4 Å². The third-order valence-electron chi connectivity index (χ3n) is 8.21. The van der Waals surface area contributed by atoms with Crippen LogP contribution >= 0.6 is 0 Å². The monoisotopic (exact) mass is 610 g/mol. The van der Waals surface area contributed by atoms with E-state index in [9.17, 15) is 22.8 Å². The van der Waals surface area contributed by atoms with E-state index in [-0.39, 0.29) is 18.0 Å². The maximum atomic E-state index is 13.7. The number of piperazine rings is 1. The number of aromatic amines is 1. The van der Waals surface area contributed by atoms with Crippen molar-refractivity contribution in [1.82, 2.24) is 29.5 Å². The van der Waals surface area contributed by atoms with Crippen molar-refractivity contribution in [3.63, 3.8) is 0 Å². The number of aryl methyl sites for hydroxylation is 3. The Kier molecular flexibility index (Phi) is 8.85. The fraction of sp³-hybridized carbons (Fsp3) is 0.406. The molecule has 9 nitrogen and oxygen atoms in total. The summed E-state index contributed by atoms with van der Waals surface area (Å²) in [6.07, 6.45) is -2.27. The van der Waals surface area contributed by atoms with Crippen molar-refractivity contribution < 1.29 is 22.7 Å². The first kappa shape index (κ1) is 31.3. The molecule has 1 aliphatic rings. The van der Waals surface area contributed by atoms with Crippen LogP contribution in [0.3, 0.4) is 0 Å². The number of amides is 1. The molecule has 0 unspecified atom stereocenters. The molecule has 1 saturated heterocycles. The summed E-state index contributed by atoms with van der Waals surface area (Å²) in [5, 5.41) is 2.90. The zero-order chi connectivity index (χ0) is 31.8. The molecule has 44 heavy (non-hydrogen) atoms. The van der Waals surface area contributed by atoms with Crippen LogP contribution in [0.5, 0.6) is 5.75 Å². The molecule has 0 bridgehead atoms. The number of fused-ring (bicyclic) bond motifs is 1. The van der Waals surface area contributed by atoms with Gasteiger partial charge in [0.1, 0.15) is 5.75 Å². The Morgan fingerprint density at radius 2 is 1.73 bits per heavy atom. The smallest absolute Gasteiger partial charge is 0.401 e. The van der Waals surface area contributed by atoms with E-state index < -0.39 is 12.7 Å². The third kappa shape index (κ3) is 6.66. The minimum Gasteiger partial charge on any atom is -0.496 e. The highest BCUT2D eigenvalue weighted by Crippen LogP contribution is 2.32. The molecule has 5 heterocycles. The Labute approximate surface area is 253 Å². The first-order valence-electron chi connectivity index (χ1n) is 14.5. The second kappa shape index (κ2) is 12.4. The molecule has 234 valence electrons. The summed E-state index contributed by atoms with van der Waals surface area (Å²) >= 11 is 0. The summed E-state index contributed by atoms with van der Waals surface area (Å²) in [7, 11) is 1.48. The number of hydrogen-bond acceptors (Lipinski definition) is 6. The van der Waals surface area contributed by atoms with Crippen molar-refractivity contribution in [2.75, 3.05) is 39.8 Å². The Morgan fingerprint density at radius 1 is 1.02 bits per heavy atom.